The van der Waals surface area contributed by atoms with Gasteiger partial charge in [0.25, 0.3) is 0 Å². The summed E-state index contributed by atoms with van der Waals surface area (Å²) in [6.45, 7) is 6.62. The largest absolute Gasteiger partial charge is 0.464 e. The number of fused-ring (bicyclic) bond motifs is 1. The highest BCUT2D eigenvalue weighted by Crippen LogP contribution is 2.28. The molecule has 2 heterocycles. The van der Waals surface area contributed by atoms with Crippen molar-refractivity contribution in [2.45, 2.75) is 20.3 Å². The number of nitrogens with one attached hydrogen (secondary N) is 2. The standard InChI is InChI=1S/C19H25N3O3/c1-12-8-13(2)10-22(9-12)11-16(23)21-17-14-6-4-5-7-15(14)20-18(17)19(24)25-3/h4-7,12-13,20H,8-11H2,1-3H3,(H,21,23)/t12-,13-/m0/s1. The average molecular weight is 343 g/mol. The maximum atomic E-state index is 12.6. The second-order valence-corrected chi connectivity index (χ2v) is 7.10. The second kappa shape index (κ2) is 7.27. The summed E-state index contributed by atoms with van der Waals surface area (Å²) in [5.74, 6) is 0.577. The quantitative estimate of drug-likeness (QED) is 0.837. The fourth-order valence-corrected chi connectivity index (χ4v) is 3.83. The van der Waals surface area contributed by atoms with Gasteiger partial charge in [-0.05, 0) is 24.3 Å². The number of likely N-dealkylation sites (tertiary alicyclic amines) is 1. The first-order valence-electron chi connectivity index (χ1n) is 8.69. The van der Waals surface area contributed by atoms with Gasteiger partial charge in [0.05, 0.1) is 19.3 Å². The second-order valence-electron chi connectivity index (χ2n) is 7.10. The summed E-state index contributed by atoms with van der Waals surface area (Å²) in [7, 11) is 1.33. The third-order valence-electron chi connectivity index (χ3n) is 4.67. The minimum absolute atomic E-state index is 0.115. The Bertz CT molecular complexity index is 773. The van der Waals surface area contributed by atoms with E-state index in [1.807, 2.05) is 24.3 Å². The van der Waals surface area contributed by atoms with Crippen LogP contribution in [-0.2, 0) is 9.53 Å². The van der Waals surface area contributed by atoms with E-state index in [1.54, 1.807) is 0 Å². The highest BCUT2D eigenvalue weighted by atomic mass is 16.5. The number of aromatic amines is 1. The molecule has 1 fully saturated rings. The minimum atomic E-state index is -0.494. The number of carbonyl (C=O) groups excluding carboxylic acids is 2. The number of hydrogen-bond acceptors (Lipinski definition) is 4. The van der Waals surface area contributed by atoms with E-state index >= 15 is 0 Å². The molecule has 3 rings (SSSR count). The van der Waals surface area contributed by atoms with Crippen molar-refractivity contribution in [3.8, 4) is 0 Å². The normalized spacial score (nSPS) is 21.2. The first-order chi connectivity index (χ1) is 12.0. The summed E-state index contributed by atoms with van der Waals surface area (Å²) in [4.78, 5) is 29.8. The monoisotopic (exact) mass is 343 g/mol. The van der Waals surface area contributed by atoms with Crippen molar-refractivity contribution < 1.29 is 14.3 Å². The van der Waals surface area contributed by atoms with Crippen molar-refractivity contribution in [2.24, 2.45) is 11.8 Å². The van der Waals surface area contributed by atoms with E-state index in [4.69, 9.17) is 4.74 Å². The van der Waals surface area contributed by atoms with Gasteiger partial charge in [-0.3, -0.25) is 9.69 Å². The molecule has 0 radical (unpaired) electrons. The maximum Gasteiger partial charge on any atom is 0.356 e. The molecule has 1 aliphatic rings. The number of carbonyl (C=O) groups is 2. The Balaban J connectivity index is 1.79. The summed E-state index contributed by atoms with van der Waals surface area (Å²) in [6.07, 6.45) is 1.20. The Labute approximate surface area is 147 Å². The van der Waals surface area contributed by atoms with Crippen LogP contribution in [0.2, 0.25) is 0 Å². The number of amides is 1. The van der Waals surface area contributed by atoms with E-state index in [-0.39, 0.29) is 11.6 Å². The number of benzene rings is 1. The lowest BCUT2D eigenvalue weighted by Crippen LogP contribution is -2.42. The lowest BCUT2D eigenvalue weighted by molar-refractivity contribution is -0.117. The lowest BCUT2D eigenvalue weighted by Gasteiger charge is -2.34. The molecule has 1 aliphatic heterocycles. The molecule has 2 aromatic rings. The third-order valence-corrected chi connectivity index (χ3v) is 4.67. The Hall–Kier alpha value is -2.34. The van der Waals surface area contributed by atoms with Crippen LogP contribution in [0.25, 0.3) is 10.9 Å². The summed E-state index contributed by atoms with van der Waals surface area (Å²) in [6, 6.07) is 7.49. The molecular formula is C19H25N3O3. The minimum Gasteiger partial charge on any atom is -0.464 e. The summed E-state index contributed by atoms with van der Waals surface area (Å²) in [5, 5.41) is 3.72. The zero-order valence-electron chi connectivity index (χ0n) is 15.0. The van der Waals surface area contributed by atoms with Gasteiger partial charge in [0, 0.05) is 24.0 Å². The number of H-pyrrole nitrogens is 1. The van der Waals surface area contributed by atoms with Crippen molar-refractivity contribution in [2.75, 3.05) is 32.1 Å². The first-order valence-corrected chi connectivity index (χ1v) is 8.69. The summed E-state index contributed by atoms with van der Waals surface area (Å²) >= 11 is 0. The van der Waals surface area contributed by atoms with E-state index < -0.39 is 5.97 Å². The van der Waals surface area contributed by atoms with E-state index in [0.29, 0.717) is 24.1 Å². The predicted molar refractivity (Wildman–Crippen MR) is 97.7 cm³/mol. The van der Waals surface area contributed by atoms with Gasteiger partial charge < -0.3 is 15.0 Å². The highest BCUT2D eigenvalue weighted by Gasteiger charge is 2.25. The van der Waals surface area contributed by atoms with Crippen LogP contribution in [0.4, 0.5) is 5.69 Å². The van der Waals surface area contributed by atoms with Gasteiger partial charge in [0.2, 0.25) is 5.91 Å². The van der Waals surface area contributed by atoms with Crippen LogP contribution >= 0.6 is 0 Å². The van der Waals surface area contributed by atoms with Crippen molar-refractivity contribution >= 4 is 28.5 Å². The molecule has 0 bridgehead atoms. The third kappa shape index (κ3) is 3.85. The van der Waals surface area contributed by atoms with Crippen LogP contribution in [0.3, 0.4) is 0 Å². The number of hydrogen-bond donors (Lipinski definition) is 2. The molecule has 1 saturated heterocycles. The van der Waals surface area contributed by atoms with E-state index in [2.05, 4.69) is 29.0 Å². The number of para-hydroxylation sites is 1. The van der Waals surface area contributed by atoms with Crippen molar-refractivity contribution in [3.05, 3.63) is 30.0 Å². The summed E-state index contributed by atoms with van der Waals surface area (Å²) in [5.41, 5.74) is 1.56. The number of rotatable bonds is 4. The Kier molecular flexibility index (Phi) is 5.08. The van der Waals surface area contributed by atoms with E-state index in [0.717, 1.165) is 24.0 Å². The van der Waals surface area contributed by atoms with Gasteiger partial charge in [-0.2, -0.15) is 0 Å². The molecule has 0 spiro atoms. The molecule has 25 heavy (non-hydrogen) atoms. The van der Waals surface area contributed by atoms with Crippen molar-refractivity contribution in [1.29, 1.82) is 0 Å². The first kappa shape index (κ1) is 17.5. The molecule has 6 nitrogen and oxygen atoms in total. The molecule has 0 saturated carbocycles. The van der Waals surface area contributed by atoms with Crippen molar-refractivity contribution in [1.82, 2.24) is 9.88 Å². The maximum absolute atomic E-state index is 12.6. The lowest BCUT2D eigenvalue weighted by atomic mass is 9.92. The van der Waals surface area contributed by atoms with Crippen LogP contribution < -0.4 is 5.32 Å². The number of nitrogens with zero attached hydrogens (tertiary/aromatic N) is 1. The summed E-state index contributed by atoms with van der Waals surface area (Å²) < 4.78 is 4.83. The SMILES string of the molecule is COC(=O)c1[nH]c2ccccc2c1NC(=O)CN1C[C@@H](C)C[C@H](C)C1. The Morgan fingerprint density at radius 2 is 1.92 bits per heavy atom. The topological polar surface area (TPSA) is 74.4 Å². The van der Waals surface area contributed by atoms with Gasteiger partial charge in [0.1, 0.15) is 5.69 Å². The molecule has 2 N–H and O–H groups in total. The Morgan fingerprint density at radius 3 is 2.60 bits per heavy atom. The number of piperidine rings is 1. The van der Waals surface area contributed by atoms with Gasteiger partial charge in [-0.15, -0.1) is 0 Å². The number of anilines is 1. The smallest absolute Gasteiger partial charge is 0.356 e. The number of methoxy groups -OCH3 is 1. The zero-order chi connectivity index (χ0) is 18.0. The molecule has 1 aromatic heterocycles. The number of aromatic nitrogens is 1. The van der Waals surface area contributed by atoms with Crippen LogP contribution in [0.1, 0.15) is 30.8 Å². The fourth-order valence-electron chi connectivity index (χ4n) is 3.83. The number of esters is 1. The van der Waals surface area contributed by atoms with E-state index in [1.165, 1.54) is 13.5 Å². The molecular weight excluding hydrogens is 318 g/mol. The Morgan fingerprint density at radius 1 is 1.24 bits per heavy atom. The van der Waals surface area contributed by atoms with Crippen molar-refractivity contribution in [3.63, 3.8) is 0 Å². The predicted octanol–water partition coefficient (Wildman–Crippen LogP) is 2.87. The molecule has 6 heteroatoms. The van der Waals surface area contributed by atoms with E-state index in [9.17, 15) is 9.59 Å². The molecule has 0 aliphatic carbocycles. The molecule has 2 atom stereocenters. The van der Waals surface area contributed by atoms with Gasteiger partial charge in [0.15, 0.2) is 0 Å². The van der Waals surface area contributed by atoms with Gasteiger partial charge >= 0.3 is 5.97 Å². The zero-order valence-corrected chi connectivity index (χ0v) is 15.0. The van der Waals surface area contributed by atoms with Gasteiger partial charge in [-0.1, -0.05) is 32.0 Å². The van der Waals surface area contributed by atoms with Gasteiger partial charge in [-0.25, -0.2) is 4.79 Å². The van der Waals surface area contributed by atoms with Crippen LogP contribution in [-0.4, -0.2) is 48.5 Å². The molecule has 134 valence electrons. The van der Waals surface area contributed by atoms with Crippen LogP contribution in [0, 0.1) is 11.8 Å². The van der Waals surface area contributed by atoms with Crippen LogP contribution in [0.5, 0.6) is 0 Å². The number of ether oxygens (including phenoxy) is 1. The molecule has 0 unspecified atom stereocenters. The molecule has 1 amide bonds. The fraction of sp³-hybridized carbons (Fsp3) is 0.474. The highest BCUT2D eigenvalue weighted by molar-refractivity contribution is 6.11. The van der Waals surface area contributed by atoms with Crippen LogP contribution in [0.15, 0.2) is 24.3 Å². The molecule has 1 aromatic carbocycles. The average Bonchev–Trinajstić information content (AvgIpc) is 2.92.